The largest absolute Gasteiger partial charge is 0.342 e. The van der Waals surface area contributed by atoms with E-state index >= 15 is 0 Å². The van der Waals surface area contributed by atoms with E-state index < -0.39 is 0 Å². The first-order valence-electron chi connectivity index (χ1n) is 10.3. The summed E-state index contributed by atoms with van der Waals surface area (Å²) in [5, 5.41) is 3.02. The summed E-state index contributed by atoms with van der Waals surface area (Å²) in [6.45, 7) is 4.04. The van der Waals surface area contributed by atoms with Gasteiger partial charge < -0.3 is 10.2 Å². The van der Waals surface area contributed by atoms with Gasteiger partial charge in [-0.3, -0.25) is 9.59 Å². The van der Waals surface area contributed by atoms with Gasteiger partial charge in [0.2, 0.25) is 5.91 Å². The normalized spacial score (nSPS) is 14.4. The van der Waals surface area contributed by atoms with Crippen molar-refractivity contribution in [3.63, 3.8) is 0 Å². The smallest absolute Gasteiger partial charge is 0.256 e. The van der Waals surface area contributed by atoms with E-state index in [2.05, 4.69) is 5.32 Å². The van der Waals surface area contributed by atoms with Gasteiger partial charge in [0.1, 0.15) is 0 Å². The highest BCUT2D eigenvalue weighted by molar-refractivity contribution is 8.00. The number of benzene rings is 2. The van der Waals surface area contributed by atoms with E-state index in [4.69, 9.17) is 0 Å². The summed E-state index contributed by atoms with van der Waals surface area (Å²) < 4.78 is 0. The van der Waals surface area contributed by atoms with Gasteiger partial charge in [-0.25, -0.2) is 0 Å². The molecule has 1 N–H and O–H groups in total. The van der Waals surface area contributed by atoms with E-state index in [-0.39, 0.29) is 11.8 Å². The van der Waals surface area contributed by atoms with Crippen molar-refractivity contribution >= 4 is 29.3 Å². The number of nitrogens with one attached hydrogen (secondary N) is 1. The van der Waals surface area contributed by atoms with Gasteiger partial charge in [0.15, 0.2) is 0 Å². The fourth-order valence-corrected chi connectivity index (χ4v) is 4.74. The van der Waals surface area contributed by atoms with Crippen LogP contribution in [0, 0.1) is 13.8 Å². The molecule has 154 valence electrons. The molecule has 0 unspecified atom stereocenters. The fourth-order valence-electron chi connectivity index (χ4n) is 3.77. The molecule has 0 aromatic heterocycles. The van der Waals surface area contributed by atoms with Crippen molar-refractivity contribution in [2.45, 2.75) is 56.9 Å². The van der Waals surface area contributed by atoms with E-state index in [1.807, 2.05) is 68.3 Å². The minimum absolute atomic E-state index is 0.131. The molecule has 0 atom stereocenters. The van der Waals surface area contributed by atoms with Crippen molar-refractivity contribution in [2.75, 3.05) is 18.1 Å². The topological polar surface area (TPSA) is 49.4 Å². The zero-order chi connectivity index (χ0) is 20.8. The second-order valence-corrected chi connectivity index (χ2v) is 8.80. The average molecular weight is 411 g/mol. The Kier molecular flexibility index (Phi) is 7.37. The van der Waals surface area contributed by atoms with E-state index in [1.165, 1.54) is 31.0 Å². The number of rotatable bonds is 6. The number of anilines is 1. The van der Waals surface area contributed by atoms with Gasteiger partial charge in [-0.05, 0) is 56.0 Å². The third-order valence-electron chi connectivity index (χ3n) is 5.85. The number of amides is 2. The first-order valence-corrected chi connectivity index (χ1v) is 11.3. The van der Waals surface area contributed by atoms with Crippen molar-refractivity contribution < 1.29 is 9.59 Å². The van der Waals surface area contributed by atoms with Crippen molar-refractivity contribution in [3.05, 3.63) is 59.2 Å². The number of thioether (sulfide) groups is 1. The quantitative estimate of drug-likeness (QED) is 0.645. The summed E-state index contributed by atoms with van der Waals surface area (Å²) in [7, 11) is 1.91. The van der Waals surface area contributed by atoms with Crippen molar-refractivity contribution in [3.8, 4) is 0 Å². The lowest BCUT2D eigenvalue weighted by Crippen LogP contribution is -2.39. The van der Waals surface area contributed by atoms with Crippen LogP contribution in [0.15, 0.2) is 47.4 Å². The number of hydrogen-bond donors (Lipinski definition) is 1. The number of hydrogen-bond acceptors (Lipinski definition) is 3. The van der Waals surface area contributed by atoms with E-state index in [0.29, 0.717) is 17.4 Å². The third kappa shape index (κ3) is 5.41. The van der Waals surface area contributed by atoms with Crippen LogP contribution in [0.4, 0.5) is 5.69 Å². The number of aryl methyl sites for hydroxylation is 1. The van der Waals surface area contributed by atoms with E-state index in [1.54, 1.807) is 0 Å². The Hall–Kier alpha value is -2.27. The third-order valence-corrected chi connectivity index (χ3v) is 6.91. The molecule has 0 saturated heterocycles. The Morgan fingerprint density at radius 1 is 1.03 bits per heavy atom. The van der Waals surface area contributed by atoms with Crippen molar-refractivity contribution in [2.24, 2.45) is 0 Å². The van der Waals surface area contributed by atoms with Gasteiger partial charge in [-0.1, -0.05) is 43.5 Å². The summed E-state index contributed by atoms with van der Waals surface area (Å²) >= 11 is 1.44. The Morgan fingerprint density at radius 3 is 2.52 bits per heavy atom. The van der Waals surface area contributed by atoms with Gasteiger partial charge in [0.05, 0.1) is 11.3 Å². The summed E-state index contributed by atoms with van der Waals surface area (Å²) in [4.78, 5) is 28.3. The van der Waals surface area contributed by atoms with Crippen LogP contribution in [-0.4, -0.2) is 35.6 Å². The van der Waals surface area contributed by atoms with Gasteiger partial charge in [-0.15, -0.1) is 11.8 Å². The molecule has 0 spiro atoms. The molecule has 0 radical (unpaired) electrons. The number of carbonyl (C=O) groups excluding carboxylic acids is 2. The number of nitrogens with zero attached hydrogens (tertiary/aromatic N) is 1. The van der Waals surface area contributed by atoms with Gasteiger partial charge >= 0.3 is 0 Å². The van der Waals surface area contributed by atoms with Crippen LogP contribution in [0.5, 0.6) is 0 Å². The zero-order valence-corrected chi connectivity index (χ0v) is 18.3. The molecule has 2 amide bonds. The summed E-state index contributed by atoms with van der Waals surface area (Å²) in [5.41, 5.74) is 3.63. The molecule has 0 aliphatic heterocycles. The number of carbonyl (C=O) groups is 2. The lowest BCUT2D eigenvalue weighted by molar-refractivity contribution is -0.129. The standard InChI is InChI=1S/C24H30N2O2S/c1-17-10-9-14-21(18(17)2)25-24(28)20-13-7-8-15-22(20)29-16-23(27)26(3)19-11-5-4-6-12-19/h7-10,13-15,19H,4-6,11-12,16H2,1-3H3,(H,25,28). The van der Waals surface area contributed by atoms with Crippen LogP contribution in [0.25, 0.3) is 0 Å². The van der Waals surface area contributed by atoms with Crippen LogP contribution in [-0.2, 0) is 4.79 Å². The molecular formula is C24H30N2O2S. The second kappa shape index (κ2) is 9.97. The first-order chi connectivity index (χ1) is 14.0. The zero-order valence-electron chi connectivity index (χ0n) is 17.5. The monoisotopic (exact) mass is 410 g/mol. The summed E-state index contributed by atoms with van der Waals surface area (Å²) in [5.74, 6) is 0.336. The molecule has 1 saturated carbocycles. The van der Waals surface area contributed by atoms with Gasteiger partial charge in [0, 0.05) is 23.7 Å². The van der Waals surface area contributed by atoms with Crippen LogP contribution in [0.3, 0.4) is 0 Å². The predicted octanol–water partition coefficient (Wildman–Crippen LogP) is 5.44. The maximum absolute atomic E-state index is 12.9. The average Bonchev–Trinajstić information content (AvgIpc) is 2.75. The lowest BCUT2D eigenvalue weighted by atomic mass is 9.94. The molecule has 1 aliphatic carbocycles. The van der Waals surface area contributed by atoms with Crippen LogP contribution >= 0.6 is 11.8 Å². The van der Waals surface area contributed by atoms with Gasteiger partial charge in [-0.2, -0.15) is 0 Å². The molecule has 2 aromatic rings. The highest BCUT2D eigenvalue weighted by atomic mass is 32.2. The Bertz CT molecular complexity index is 875. The molecule has 2 aromatic carbocycles. The van der Waals surface area contributed by atoms with Crippen molar-refractivity contribution in [1.82, 2.24) is 4.90 Å². The van der Waals surface area contributed by atoms with Crippen LogP contribution in [0.1, 0.15) is 53.6 Å². The second-order valence-electron chi connectivity index (χ2n) is 7.78. The molecule has 1 fully saturated rings. The highest BCUT2D eigenvalue weighted by Crippen LogP contribution is 2.27. The Morgan fingerprint density at radius 2 is 1.76 bits per heavy atom. The van der Waals surface area contributed by atoms with Crippen LogP contribution < -0.4 is 5.32 Å². The SMILES string of the molecule is Cc1cccc(NC(=O)c2ccccc2SCC(=O)N(C)C2CCCCC2)c1C. The molecular weight excluding hydrogens is 380 g/mol. The maximum atomic E-state index is 12.9. The minimum atomic E-state index is -0.144. The molecule has 0 heterocycles. The fraction of sp³-hybridized carbons (Fsp3) is 0.417. The predicted molar refractivity (Wildman–Crippen MR) is 121 cm³/mol. The van der Waals surface area contributed by atoms with Crippen LogP contribution in [0.2, 0.25) is 0 Å². The molecule has 29 heavy (non-hydrogen) atoms. The van der Waals surface area contributed by atoms with Gasteiger partial charge in [0.25, 0.3) is 5.91 Å². The molecule has 0 bridgehead atoms. The minimum Gasteiger partial charge on any atom is -0.342 e. The lowest BCUT2D eigenvalue weighted by Gasteiger charge is -2.31. The Balaban J connectivity index is 1.66. The maximum Gasteiger partial charge on any atom is 0.256 e. The van der Waals surface area contributed by atoms with E-state index in [9.17, 15) is 9.59 Å². The van der Waals surface area contributed by atoms with E-state index in [0.717, 1.165) is 34.6 Å². The molecule has 3 rings (SSSR count). The first kappa shape index (κ1) is 21.4. The highest BCUT2D eigenvalue weighted by Gasteiger charge is 2.22. The summed E-state index contributed by atoms with van der Waals surface area (Å²) in [6.07, 6.45) is 5.88. The van der Waals surface area contributed by atoms with Crippen molar-refractivity contribution in [1.29, 1.82) is 0 Å². The summed E-state index contributed by atoms with van der Waals surface area (Å²) in [6, 6.07) is 13.7. The molecule has 5 heteroatoms. The molecule has 4 nitrogen and oxygen atoms in total. The Labute approximate surface area is 178 Å². The molecule has 1 aliphatic rings.